The molecule has 198 valence electrons. The molecular weight excluding hydrogens is 571 g/mol. The predicted octanol–water partition coefficient (Wildman–Crippen LogP) is 3.96. The van der Waals surface area contributed by atoms with E-state index in [1.165, 1.54) is 36.1 Å². The number of amides is 2. The molecule has 10 nitrogen and oxygen atoms in total. The van der Waals surface area contributed by atoms with Gasteiger partial charge in [-0.3, -0.25) is 4.79 Å². The van der Waals surface area contributed by atoms with Gasteiger partial charge in [-0.05, 0) is 44.2 Å². The first-order valence-corrected chi connectivity index (χ1v) is 15.4. The summed E-state index contributed by atoms with van der Waals surface area (Å²) in [4.78, 5) is 28.7. The van der Waals surface area contributed by atoms with Crippen molar-refractivity contribution in [1.29, 1.82) is 0 Å². The SMILES string of the molecule is CC(=O)Nc1ccc([As](=O)(O)OO)cc1.Cc1nc(-c2ccc(N)c(NC(=O)c3ccccc3)c2)sc1C. The summed E-state index contributed by atoms with van der Waals surface area (Å²) >= 11 is -3.13. The van der Waals surface area contributed by atoms with Crippen LogP contribution < -0.4 is 20.7 Å². The van der Waals surface area contributed by atoms with Crippen LogP contribution in [-0.2, 0) is 12.4 Å². The van der Waals surface area contributed by atoms with E-state index in [0.717, 1.165) is 16.3 Å². The number of rotatable bonds is 6. The van der Waals surface area contributed by atoms with Crippen molar-refractivity contribution in [3.8, 4) is 10.6 Å². The van der Waals surface area contributed by atoms with Crippen LogP contribution in [0.2, 0.25) is 0 Å². The fraction of sp³-hybridized carbons (Fsp3) is 0.115. The molecule has 0 aliphatic heterocycles. The maximum Gasteiger partial charge on any atom is 0.255 e. The number of nitrogens with two attached hydrogens (primary N) is 1. The molecule has 12 heteroatoms. The van der Waals surface area contributed by atoms with Gasteiger partial charge >= 0.3 is 88.4 Å². The normalized spacial score (nSPS) is 12.0. The molecule has 2 amide bonds. The van der Waals surface area contributed by atoms with Gasteiger partial charge in [-0.2, -0.15) is 0 Å². The topological polar surface area (TPSA) is 164 Å². The fourth-order valence-electron chi connectivity index (χ4n) is 3.16. The Kier molecular flexibility index (Phi) is 9.62. The van der Waals surface area contributed by atoms with Crippen LogP contribution in [-0.4, -0.2) is 40.3 Å². The Hall–Kier alpha value is -3.73. The molecule has 4 rings (SSSR count). The first kappa shape index (κ1) is 28.8. The Labute approximate surface area is 226 Å². The second kappa shape index (κ2) is 12.7. The summed E-state index contributed by atoms with van der Waals surface area (Å²) < 4.78 is 23.8. The van der Waals surface area contributed by atoms with E-state index in [1.807, 2.05) is 44.2 Å². The Balaban J connectivity index is 0.000000232. The fourth-order valence-corrected chi connectivity index (χ4v) is 5.37. The molecule has 0 saturated carbocycles. The van der Waals surface area contributed by atoms with Crippen LogP contribution >= 0.6 is 11.3 Å². The van der Waals surface area contributed by atoms with Gasteiger partial charge in [0.2, 0.25) is 0 Å². The zero-order chi connectivity index (χ0) is 27.9. The van der Waals surface area contributed by atoms with Crippen molar-refractivity contribution in [3.05, 3.63) is 88.9 Å². The number of thiazole rings is 1. The van der Waals surface area contributed by atoms with Crippen molar-refractivity contribution in [1.82, 2.24) is 4.98 Å². The Morgan fingerprint density at radius 3 is 2.21 bits per heavy atom. The van der Waals surface area contributed by atoms with Crippen LogP contribution in [0.25, 0.3) is 10.6 Å². The molecule has 0 fully saturated rings. The Morgan fingerprint density at radius 1 is 1.00 bits per heavy atom. The molecule has 0 spiro atoms. The van der Waals surface area contributed by atoms with E-state index in [0.29, 0.717) is 22.6 Å². The van der Waals surface area contributed by atoms with Crippen LogP contribution in [0, 0.1) is 13.8 Å². The van der Waals surface area contributed by atoms with Crippen LogP contribution in [0.1, 0.15) is 27.9 Å². The minimum atomic E-state index is -4.76. The number of aryl methyl sites for hydroxylation is 2. The maximum atomic E-state index is 12.3. The molecule has 0 radical (unpaired) electrons. The van der Waals surface area contributed by atoms with E-state index in [-0.39, 0.29) is 16.2 Å². The van der Waals surface area contributed by atoms with E-state index < -0.39 is 14.2 Å². The van der Waals surface area contributed by atoms with Crippen molar-refractivity contribution in [3.63, 3.8) is 0 Å². The van der Waals surface area contributed by atoms with Gasteiger partial charge in [0.1, 0.15) is 5.01 Å². The van der Waals surface area contributed by atoms with Gasteiger partial charge < -0.3 is 11.1 Å². The first-order chi connectivity index (χ1) is 18.0. The molecular formula is C26H27AsN4O6S. The molecule has 0 aliphatic carbocycles. The zero-order valence-electron chi connectivity index (χ0n) is 20.8. The molecule has 4 aromatic rings. The van der Waals surface area contributed by atoms with Crippen molar-refractivity contribution < 1.29 is 26.6 Å². The second-order valence-electron chi connectivity index (χ2n) is 8.11. The van der Waals surface area contributed by atoms with Crippen LogP contribution in [0.3, 0.4) is 0 Å². The van der Waals surface area contributed by atoms with Gasteiger partial charge in [0.05, 0.1) is 17.1 Å². The molecule has 0 aliphatic rings. The summed E-state index contributed by atoms with van der Waals surface area (Å²) in [7, 11) is 0. The Bertz CT molecular complexity index is 1460. The maximum absolute atomic E-state index is 12.3. The quantitative estimate of drug-likeness (QED) is 0.0964. The minimum absolute atomic E-state index is 0.00438. The van der Waals surface area contributed by atoms with Crippen molar-refractivity contribution >= 4 is 58.7 Å². The van der Waals surface area contributed by atoms with E-state index in [1.54, 1.807) is 29.5 Å². The summed E-state index contributed by atoms with van der Waals surface area (Å²) in [6.45, 7) is 5.39. The monoisotopic (exact) mass is 598 g/mol. The molecule has 1 aromatic heterocycles. The minimum Gasteiger partial charge on any atom is -0.397 e. The van der Waals surface area contributed by atoms with Crippen molar-refractivity contribution in [2.24, 2.45) is 0 Å². The zero-order valence-corrected chi connectivity index (χ0v) is 23.5. The van der Waals surface area contributed by atoms with Crippen molar-refractivity contribution in [2.45, 2.75) is 20.8 Å². The first-order valence-electron chi connectivity index (χ1n) is 11.2. The van der Waals surface area contributed by atoms with E-state index >= 15 is 0 Å². The molecule has 1 atom stereocenters. The van der Waals surface area contributed by atoms with Gasteiger partial charge in [-0.15, -0.1) is 11.3 Å². The summed E-state index contributed by atoms with van der Waals surface area (Å²) in [6.07, 6.45) is 0. The number of nitrogens with zero attached hydrogens (tertiary/aromatic N) is 1. The van der Waals surface area contributed by atoms with Crippen molar-refractivity contribution in [2.75, 3.05) is 16.4 Å². The standard InChI is InChI=1S/C18H17N3OS.C8H10AsNO5/c1-11-12(2)23-18(20-11)14-8-9-15(19)16(10-14)21-17(22)13-6-4-3-5-7-13;1-6(11)10-8-4-2-7(3-5-8)9(12,13)15-14/h3-10H,19H2,1-2H3,(H,21,22);2-5,14H,1H3,(H,10,11)(H,12,13). The van der Waals surface area contributed by atoms with E-state index in [2.05, 4.69) is 19.5 Å². The molecule has 1 unspecified atom stereocenters. The molecule has 38 heavy (non-hydrogen) atoms. The van der Waals surface area contributed by atoms with Gasteiger partial charge in [-0.25, -0.2) is 4.98 Å². The molecule has 3 aromatic carbocycles. The predicted molar refractivity (Wildman–Crippen MR) is 149 cm³/mol. The number of nitrogen functional groups attached to an aromatic ring is 1. The molecule has 0 bridgehead atoms. The van der Waals surface area contributed by atoms with Crippen LogP contribution in [0.5, 0.6) is 0 Å². The summed E-state index contributed by atoms with van der Waals surface area (Å²) in [5, 5.41) is 14.5. The van der Waals surface area contributed by atoms with E-state index in [9.17, 15) is 13.3 Å². The number of hydrogen-bond donors (Lipinski definition) is 5. The van der Waals surface area contributed by atoms with Crippen LogP contribution in [0.15, 0.2) is 72.8 Å². The molecule has 1 heterocycles. The number of anilines is 3. The largest absolute Gasteiger partial charge is 0.397 e. The van der Waals surface area contributed by atoms with E-state index in [4.69, 9.17) is 15.1 Å². The smallest absolute Gasteiger partial charge is 0.255 e. The third-order valence-corrected chi connectivity index (χ3v) is 8.82. The third-order valence-electron chi connectivity index (χ3n) is 5.24. The number of carbonyl (C=O) groups is 2. The molecule has 0 saturated heterocycles. The Morgan fingerprint density at radius 2 is 1.66 bits per heavy atom. The average Bonchev–Trinajstić information content (AvgIpc) is 3.24. The van der Waals surface area contributed by atoms with Gasteiger partial charge in [0.25, 0.3) is 5.91 Å². The second-order valence-corrected chi connectivity index (χ2v) is 12.9. The van der Waals surface area contributed by atoms with Gasteiger partial charge in [0.15, 0.2) is 0 Å². The number of carbonyl (C=O) groups excluding carboxylic acids is 2. The van der Waals surface area contributed by atoms with Gasteiger partial charge in [-0.1, -0.05) is 18.2 Å². The number of hydrogen-bond acceptors (Lipinski definition) is 8. The summed E-state index contributed by atoms with van der Waals surface area (Å²) in [5.74, 6) is -0.417. The van der Waals surface area contributed by atoms with Crippen LogP contribution in [0.4, 0.5) is 17.1 Å². The number of benzene rings is 3. The van der Waals surface area contributed by atoms with Gasteiger partial charge in [0, 0.05) is 16.0 Å². The number of nitrogens with one attached hydrogen (secondary N) is 2. The summed E-state index contributed by atoms with van der Waals surface area (Å²) in [6, 6.07) is 20.2. The number of aromatic nitrogens is 1. The summed E-state index contributed by atoms with van der Waals surface area (Å²) in [5.41, 5.74) is 10.2. The third kappa shape index (κ3) is 7.64. The average molecular weight is 599 g/mol. The molecule has 6 N–H and O–H groups in total.